The van der Waals surface area contributed by atoms with E-state index in [0.29, 0.717) is 24.4 Å². The summed E-state index contributed by atoms with van der Waals surface area (Å²) in [5, 5.41) is 18.6. The number of carbonyl (C=O) groups is 2. The van der Waals surface area contributed by atoms with Gasteiger partial charge in [-0.05, 0) is 44.0 Å². The first kappa shape index (κ1) is 14.2. The minimum Gasteiger partial charge on any atom is -0.481 e. The van der Waals surface area contributed by atoms with Crippen LogP contribution < -0.4 is 5.32 Å². The molecule has 3 N–H and O–H groups in total. The van der Waals surface area contributed by atoms with E-state index in [1.807, 2.05) is 19.1 Å². The van der Waals surface area contributed by atoms with E-state index in [2.05, 4.69) is 20.5 Å². The van der Waals surface area contributed by atoms with Gasteiger partial charge in [0.05, 0.1) is 11.8 Å². The smallest absolute Gasteiger partial charge is 0.307 e. The Morgan fingerprint density at radius 1 is 1.23 bits per heavy atom. The van der Waals surface area contributed by atoms with Crippen molar-refractivity contribution in [2.75, 3.05) is 5.32 Å². The fourth-order valence-corrected chi connectivity index (χ4v) is 2.52. The topological polar surface area (TPSA) is 108 Å². The number of nitrogens with zero attached hydrogens (tertiary/aromatic N) is 2. The quantitative estimate of drug-likeness (QED) is 0.798. The SMILES string of the molecule is Cc1nc(-c2ccc(NC(=O)C3CCC3C(=O)O)cc2)n[nH]1. The fourth-order valence-electron chi connectivity index (χ4n) is 2.52. The summed E-state index contributed by atoms with van der Waals surface area (Å²) in [5.74, 6) is -0.803. The Labute approximate surface area is 126 Å². The lowest BCUT2D eigenvalue weighted by Crippen LogP contribution is -2.41. The highest BCUT2D eigenvalue weighted by Gasteiger charge is 2.41. The van der Waals surface area contributed by atoms with Gasteiger partial charge in [0.2, 0.25) is 5.91 Å². The Bertz CT molecular complexity index is 708. The maximum atomic E-state index is 12.1. The summed E-state index contributed by atoms with van der Waals surface area (Å²) in [6.07, 6.45) is 1.19. The van der Waals surface area contributed by atoms with Crippen LogP contribution >= 0.6 is 0 Å². The molecular formula is C15H16N4O3. The van der Waals surface area contributed by atoms with Gasteiger partial charge in [-0.15, -0.1) is 0 Å². The summed E-state index contributed by atoms with van der Waals surface area (Å²) in [6.45, 7) is 1.82. The molecule has 1 saturated carbocycles. The van der Waals surface area contributed by atoms with Gasteiger partial charge in [0.25, 0.3) is 0 Å². The van der Waals surface area contributed by atoms with Gasteiger partial charge < -0.3 is 10.4 Å². The first-order chi connectivity index (χ1) is 10.5. The number of carbonyl (C=O) groups excluding carboxylic acids is 1. The highest BCUT2D eigenvalue weighted by molar-refractivity contribution is 5.96. The van der Waals surface area contributed by atoms with E-state index >= 15 is 0 Å². The van der Waals surface area contributed by atoms with Gasteiger partial charge in [-0.25, -0.2) is 4.98 Å². The molecule has 2 unspecified atom stereocenters. The number of hydrogen-bond donors (Lipinski definition) is 3. The number of carboxylic acid groups (broad SMARTS) is 1. The van der Waals surface area contributed by atoms with Crippen molar-refractivity contribution in [3.63, 3.8) is 0 Å². The standard InChI is InChI=1S/C15H16N4O3/c1-8-16-13(19-18-8)9-2-4-10(5-3-9)17-14(20)11-6-7-12(11)15(21)22/h2-5,11-12H,6-7H2,1H3,(H,17,20)(H,21,22)(H,16,18,19). The van der Waals surface area contributed by atoms with Crippen molar-refractivity contribution < 1.29 is 14.7 Å². The Morgan fingerprint density at radius 3 is 2.41 bits per heavy atom. The van der Waals surface area contributed by atoms with Gasteiger partial charge >= 0.3 is 5.97 Å². The molecule has 1 fully saturated rings. The lowest BCUT2D eigenvalue weighted by atomic mass is 9.73. The number of aromatic amines is 1. The minimum absolute atomic E-state index is 0.236. The van der Waals surface area contributed by atoms with Crippen LogP contribution in [0.25, 0.3) is 11.4 Å². The third kappa shape index (κ3) is 2.69. The third-order valence-corrected chi connectivity index (χ3v) is 3.94. The molecule has 0 radical (unpaired) electrons. The van der Waals surface area contributed by atoms with E-state index in [4.69, 9.17) is 5.11 Å². The zero-order valence-corrected chi connectivity index (χ0v) is 12.0. The van der Waals surface area contributed by atoms with Crippen molar-refractivity contribution in [1.29, 1.82) is 0 Å². The molecule has 7 heteroatoms. The van der Waals surface area contributed by atoms with Crippen LogP contribution in [0.2, 0.25) is 0 Å². The van der Waals surface area contributed by atoms with Crippen molar-refractivity contribution >= 4 is 17.6 Å². The van der Waals surface area contributed by atoms with Crippen molar-refractivity contribution in [2.24, 2.45) is 11.8 Å². The van der Waals surface area contributed by atoms with Gasteiger partial charge in [0.15, 0.2) is 5.82 Å². The van der Waals surface area contributed by atoms with E-state index < -0.39 is 17.8 Å². The molecule has 3 rings (SSSR count). The number of benzene rings is 1. The lowest BCUT2D eigenvalue weighted by Gasteiger charge is -2.31. The van der Waals surface area contributed by atoms with Crippen molar-refractivity contribution in [3.8, 4) is 11.4 Å². The van der Waals surface area contributed by atoms with Crippen LogP contribution in [0.4, 0.5) is 5.69 Å². The van der Waals surface area contributed by atoms with Crippen LogP contribution in [0.5, 0.6) is 0 Å². The lowest BCUT2D eigenvalue weighted by molar-refractivity contribution is -0.151. The molecule has 2 atom stereocenters. The minimum atomic E-state index is -0.901. The summed E-state index contributed by atoms with van der Waals surface area (Å²) >= 11 is 0. The number of rotatable bonds is 4. The molecule has 22 heavy (non-hydrogen) atoms. The Hall–Kier alpha value is -2.70. The number of H-pyrrole nitrogens is 1. The second-order valence-corrected chi connectivity index (χ2v) is 5.44. The van der Waals surface area contributed by atoms with Gasteiger partial charge in [-0.3, -0.25) is 14.7 Å². The number of aromatic nitrogens is 3. The monoisotopic (exact) mass is 300 g/mol. The zero-order chi connectivity index (χ0) is 15.7. The second kappa shape index (κ2) is 5.59. The van der Waals surface area contributed by atoms with Crippen LogP contribution in [-0.2, 0) is 9.59 Å². The predicted molar refractivity (Wildman–Crippen MR) is 79.0 cm³/mol. The van der Waals surface area contributed by atoms with Crippen LogP contribution in [0.15, 0.2) is 24.3 Å². The normalized spacial score (nSPS) is 20.2. The summed E-state index contributed by atoms with van der Waals surface area (Å²) in [6, 6.07) is 7.14. The molecule has 1 amide bonds. The van der Waals surface area contributed by atoms with E-state index in [-0.39, 0.29) is 5.91 Å². The van der Waals surface area contributed by atoms with Gasteiger partial charge in [0, 0.05) is 11.3 Å². The summed E-state index contributed by atoms with van der Waals surface area (Å²) < 4.78 is 0. The van der Waals surface area contributed by atoms with Crippen molar-refractivity contribution in [3.05, 3.63) is 30.1 Å². The first-order valence-corrected chi connectivity index (χ1v) is 7.07. The maximum Gasteiger partial charge on any atom is 0.307 e. The fraction of sp³-hybridized carbons (Fsp3) is 0.333. The molecule has 7 nitrogen and oxygen atoms in total. The molecule has 0 bridgehead atoms. The molecular weight excluding hydrogens is 284 g/mol. The Kier molecular flexibility index (Phi) is 3.62. The maximum absolute atomic E-state index is 12.1. The number of amides is 1. The van der Waals surface area contributed by atoms with Crippen LogP contribution in [0.3, 0.4) is 0 Å². The summed E-state index contributed by atoms with van der Waals surface area (Å²) in [4.78, 5) is 27.3. The Balaban J connectivity index is 1.66. The average molecular weight is 300 g/mol. The van der Waals surface area contributed by atoms with Gasteiger partial charge in [0.1, 0.15) is 5.82 Å². The van der Waals surface area contributed by atoms with Crippen LogP contribution in [-0.4, -0.2) is 32.2 Å². The number of anilines is 1. The molecule has 1 heterocycles. The molecule has 0 saturated heterocycles. The number of carboxylic acids is 1. The average Bonchev–Trinajstić information content (AvgIpc) is 2.84. The Morgan fingerprint density at radius 2 is 1.91 bits per heavy atom. The predicted octanol–water partition coefficient (Wildman–Crippen LogP) is 1.83. The second-order valence-electron chi connectivity index (χ2n) is 5.44. The molecule has 0 spiro atoms. The van der Waals surface area contributed by atoms with E-state index in [1.165, 1.54) is 0 Å². The van der Waals surface area contributed by atoms with E-state index in [1.54, 1.807) is 12.1 Å². The summed E-state index contributed by atoms with van der Waals surface area (Å²) in [7, 11) is 0. The van der Waals surface area contributed by atoms with E-state index in [9.17, 15) is 9.59 Å². The molecule has 0 aliphatic heterocycles. The summed E-state index contributed by atoms with van der Waals surface area (Å²) in [5.41, 5.74) is 1.48. The van der Waals surface area contributed by atoms with Crippen LogP contribution in [0, 0.1) is 18.8 Å². The van der Waals surface area contributed by atoms with Crippen LogP contribution in [0.1, 0.15) is 18.7 Å². The van der Waals surface area contributed by atoms with E-state index in [0.717, 1.165) is 11.4 Å². The van der Waals surface area contributed by atoms with Gasteiger partial charge in [-0.2, -0.15) is 5.10 Å². The molecule has 1 aliphatic rings. The number of aliphatic carboxylic acids is 1. The molecule has 1 aromatic heterocycles. The molecule has 2 aromatic rings. The molecule has 1 aliphatic carbocycles. The zero-order valence-electron chi connectivity index (χ0n) is 12.0. The first-order valence-electron chi connectivity index (χ1n) is 7.07. The van der Waals surface area contributed by atoms with Crippen molar-refractivity contribution in [2.45, 2.75) is 19.8 Å². The van der Waals surface area contributed by atoms with Crippen molar-refractivity contribution in [1.82, 2.24) is 15.2 Å². The molecule has 114 valence electrons. The number of hydrogen-bond acceptors (Lipinski definition) is 4. The largest absolute Gasteiger partial charge is 0.481 e. The third-order valence-electron chi connectivity index (χ3n) is 3.94. The molecule has 1 aromatic carbocycles. The number of nitrogens with one attached hydrogen (secondary N) is 2. The number of aryl methyl sites for hydroxylation is 1. The highest BCUT2D eigenvalue weighted by atomic mass is 16.4. The highest BCUT2D eigenvalue weighted by Crippen LogP contribution is 2.35. The van der Waals surface area contributed by atoms with Gasteiger partial charge in [-0.1, -0.05) is 0 Å².